The van der Waals surface area contributed by atoms with Gasteiger partial charge in [0.25, 0.3) is 0 Å². The number of rotatable bonds is 3. The molecule has 0 aromatic heterocycles. The zero-order chi connectivity index (χ0) is 10.7. The van der Waals surface area contributed by atoms with Crippen molar-refractivity contribution in [1.29, 1.82) is 0 Å². The molecule has 84 valence electrons. The van der Waals surface area contributed by atoms with E-state index in [9.17, 15) is 4.21 Å². The van der Waals surface area contributed by atoms with Crippen molar-refractivity contribution in [1.82, 2.24) is 4.90 Å². The SMILES string of the molecule is CC(C)CC1CN(C(C)C)CCS1=O. The van der Waals surface area contributed by atoms with Crippen molar-refractivity contribution in [3.63, 3.8) is 0 Å². The minimum absolute atomic E-state index is 0.408. The minimum atomic E-state index is -0.577. The molecule has 0 bridgehead atoms. The van der Waals surface area contributed by atoms with E-state index in [0.717, 1.165) is 25.3 Å². The van der Waals surface area contributed by atoms with Gasteiger partial charge in [0.05, 0.1) is 0 Å². The Kier molecular flexibility index (Phi) is 4.58. The number of hydrogen-bond acceptors (Lipinski definition) is 2. The molecule has 2 atom stereocenters. The summed E-state index contributed by atoms with van der Waals surface area (Å²) in [5.41, 5.74) is 0. The molecular weight excluding hydrogens is 194 g/mol. The minimum Gasteiger partial charge on any atom is -0.299 e. The first-order chi connectivity index (χ1) is 6.50. The quantitative estimate of drug-likeness (QED) is 0.719. The Morgan fingerprint density at radius 1 is 1.36 bits per heavy atom. The van der Waals surface area contributed by atoms with E-state index < -0.39 is 10.8 Å². The van der Waals surface area contributed by atoms with Gasteiger partial charge >= 0.3 is 0 Å². The molecule has 0 aromatic rings. The van der Waals surface area contributed by atoms with Crippen LogP contribution in [0.4, 0.5) is 0 Å². The van der Waals surface area contributed by atoms with Crippen LogP contribution in [0.5, 0.6) is 0 Å². The largest absolute Gasteiger partial charge is 0.299 e. The topological polar surface area (TPSA) is 20.3 Å². The smallest absolute Gasteiger partial charge is 0.0478 e. The average molecular weight is 217 g/mol. The summed E-state index contributed by atoms with van der Waals surface area (Å²) in [6.45, 7) is 10.9. The van der Waals surface area contributed by atoms with Crippen LogP contribution in [0, 0.1) is 5.92 Å². The van der Waals surface area contributed by atoms with Gasteiger partial charge in [0.15, 0.2) is 0 Å². The standard InChI is InChI=1S/C11H23NOS/c1-9(2)7-11-8-12(10(3)4)5-6-14(11)13/h9-11H,5-8H2,1-4H3. The molecule has 3 heteroatoms. The van der Waals surface area contributed by atoms with E-state index >= 15 is 0 Å². The van der Waals surface area contributed by atoms with Crippen LogP contribution in [-0.2, 0) is 10.8 Å². The lowest BCUT2D eigenvalue weighted by atomic mass is 10.1. The molecular formula is C11H23NOS. The maximum Gasteiger partial charge on any atom is 0.0478 e. The molecule has 1 rings (SSSR count). The van der Waals surface area contributed by atoms with Crippen LogP contribution in [0.2, 0.25) is 0 Å². The summed E-state index contributed by atoms with van der Waals surface area (Å²) in [6, 6.07) is 0.599. The molecule has 1 fully saturated rings. The molecule has 1 saturated heterocycles. The fourth-order valence-electron chi connectivity index (χ4n) is 1.99. The van der Waals surface area contributed by atoms with Gasteiger partial charge in [-0.15, -0.1) is 0 Å². The van der Waals surface area contributed by atoms with E-state index in [4.69, 9.17) is 0 Å². The Morgan fingerprint density at radius 2 is 2.00 bits per heavy atom. The Balaban J connectivity index is 2.51. The van der Waals surface area contributed by atoms with Crippen LogP contribution < -0.4 is 0 Å². The summed E-state index contributed by atoms with van der Waals surface area (Å²) in [5, 5.41) is 0.408. The first-order valence-electron chi connectivity index (χ1n) is 5.62. The van der Waals surface area contributed by atoms with E-state index in [1.54, 1.807) is 0 Å². The Labute approximate surface area is 90.5 Å². The van der Waals surface area contributed by atoms with Crippen molar-refractivity contribution < 1.29 is 4.21 Å². The van der Waals surface area contributed by atoms with Gasteiger partial charge in [-0.25, -0.2) is 0 Å². The van der Waals surface area contributed by atoms with Crippen LogP contribution in [0.15, 0.2) is 0 Å². The Hall–Kier alpha value is 0.110. The van der Waals surface area contributed by atoms with Crippen molar-refractivity contribution in [3.8, 4) is 0 Å². The maximum atomic E-state index is 11.8. The van der Waals surface area contributed by atoms with Gasteiger partial charge in [0.2, 0.25) is 0 Å². The van der Waals surface area contributed by atoms with Crippen LogP contribution in [-0.4, -0.2) is 39.2 Å². The summed E-state index contributed by atoms with van der Waals surface area (Å²) in [5.74, 6) is 1.53. The Bertz CT molecular complexity index is 203. The first-order valence-corrected chi connectivity index (χ1v) is 7.00. The first kappa shape index (κ1) is 12.2. The summed E-state index contributed by atoms with van der Waals surface area (Å²) in [6.07, 6.45) is 1.11. The number of hydrogen-bond donors (Lipinski definition) is 0. The van der Waals surface area contributed by atoms with Crippen molar-refractivity contribution in [2.45, 2.75) is 45.4 Å². The van der Waals surface area contributed by atoms with E-state index in [-0.39, 0.29) is 0 Å². The highest BCUT2D eigenvalue weighted by molar-refractivity contribution is 7.85. The molecule has 2 nitrogen and oxygen atoms in total. The molecule has 0 saturated carbocycles. The van der Waals surface area contributed by atoms with Gasteiger partial charge in [-0.1, -0.05) is 13.8 Å². The summed E-state index contributed by atoms with van der Waals surface area (Å²) >= 11 is 0. The van der Waals surface area contributed by atoms with Gasteiger partial charge in [-0.3, -0.25) is 9.11 Å². The molecule has 0 aliphatic carbocycles. The zero-order valence-corrected chi connectivity index (χ0v) is 10.6. The molecule has 0 aromatic carbocycles. The lowest BCUT2D eigenvalue weighted by Crippen LogP contribution is -2.47. The highest BCUT2D eigenvalue weighted by Crippen LogP contribution is 2.18. The van der Waals surface area contributed by atoms with Crippen molar-refractivity contribution in [2.75, 3.05) is 18.8 Å². The van der Waals surface area contributed by atoms with Crippen molar-refractivity contribution in [2.24, 2.45) is 5.92 Å². The highest BCUT2D eigenvalue weighted by atomic mass is 32.2. The second-order valence-corrected chi connectivity index (χ2v) is 6.76. The van der Waals surface area contributed by atoms with Crippen molar-refractivity contribution >= 4 is 10.8 Å². The number of nitrogens with zero attached hydrogens (tertiary/aromatic N) is 1. The lowest BCUT2D eigenvalue weighted by molar-refractivity contribution is 0.220. The van der Waals surface area contributed by atoms with Gasteiger partial charge in [0.1, 0.15) is 0 Å². The van der Waals surface area contributed by atoms with Gasteiger partial charge < -0.3 is 0 Å². The summed E-state index contributed by atoms with van der Waals surface area (Å²) in [7, 11) is -0.577. The second-order valence-electron chi connectivity index (χ2n) is 4.93. The molecule has 1 aliphatic rings. The van der Waals surface area contributed by atoms with Crippen LogP contribution in [0.3, 0.4) is 0 Å². The predicted molar refractivity (Wildman–Crippen MR) is 63.0 cm³/mol. The van der Waals surface area contributed by atoms with E-state index in [0.29, 0.717) is 17.2 Å². The van der Waals surface area contributed by atoms with E-state index in [2.05, 4.69) is 32.6 Å². The Morgan fingerprint density at radius 3 is 2.50 bits per heavy atom. The fourth-order valence-corrected chi connectivity index (χ4v) is 3.69. The van der Waals surface area contributed by atoms with Crippen LogP contribution in [0.25, 0.3) is 0 Å². The van der Waals surface area contributed by atoms with E-state index in [1.807, 2.05) is 0 Å². The van der Waals surface area contributed by atoms with E-state index in [1.165, 1.54) is 0 Å². The lowest BCUT2D eigenvalue weighted by Gasteiger charge is -2.35. The molecule has 2 unspecified atom stereocenters. The second kappa shape index (κ2) is 5.26. The molecule has 1 aliphatic heterocycles. The molecule has 0 amide bonds. The third-order valence-electron chi connectivity index (χ3n) is 2.85. The molecule has 0 spiro atoms. The third-order valence-corrected chi connectivity index (χ3v) is 4.52. The average Bonchev–Trinajstić information content (AvgIpc) is 2.07. The fraction of sp³-hybridized carbons (Fsp3) is 1.00. The highest BCUT2D eigenvalue weighted by Gasteiger charge is 2.27. The molecule has 1 heterocycles. The molecule has 0 radical (unpaired) electrons. The molecule has 14 heavy (non-hydrogen) atoms. The predicted octanol–water partition coefficient (Wildman–Crippen LogP) is 1.87. The van der Waals surface area contributed by atoms with Crippen molar-refractivity contribution in [3.05, 3.63) is 0 Å². The zero-order valence-electron chi connectivity index (χ0n) is 9.82. The maximum absolute atomic E-state index is 11.8. The van der Waals surface area contributed by atoms with Gasteiger partial charge in [0, 0.05) is 40.9 Å². The van der Waals surface area contributed by atoms with Gasteiger partial charge in [-0.05, 0) is 26.2 Å². The normalized spacial score (nSPS) is 30.1. The van der Waals surface area contributed by atoms with Gasteiger partial charge in [-0.2, -0.15) is 0 Å². The summed E-state index contributed by atoms with van der Waals surface area (Å²) in [4.78, 5) is 2.45. The third kappa shape index (κ3) is 3.35. The molecule has 0 N–H and O–H groups in total. The monoisotopic (exact) mass is 217 g/mol. The van der Waals surface area contributed by atoms with Crippen LogP contribution in [0.1, 0.15) is 34.1 Å². The van der Waals surface area contributed by atoms with Crippen LogP contribution >= 0.6 is 0 Å². The summed E-state index contributed by atoms with van der Waals surface area (Å²) < 4.78 is 11.8.